The Bertz CT molecular complexity index is 865. The van der Waals surface area contributed by atoms with Crippen LogP contribution in [0.2, 0.25) is 0 Å². The zero-order valence-corrected chi connectivity index (χ0v) is 21.0. The highest BCUT2D eigenvalue weighted by molar-refractivity contribution is 6.02. The van der Waals surface area contributed by atoms with Crippen LogP contribution in [0.4, 0.5) is 5.69 Å². The molecule has 1 heterocycles. The van der Waals surface area contributed by atoms with Crippen LogP contribution in [0.1, 0.15) is 69.2 Å². The summed E-state index contributed by atoms with van der Waals surface area (Å²) in [6.45, 7) is 6.20. The summed E-state index contributed by atoms with van der Waals surface area (Å²) in [7, 11) is 2.16. The predicted octanol–water partition coefficient (Wildman–Crippen LogP) is 3.77. The van der Waals surface area contributed by atoms with E-state index in [0.29, 0.717) is 23.5 Å². The number of hydrogen-bond acceptors (Lipinski definition) is 5. The van der Waals surface area contributed by atoms with Gasteiger partial charge in [0.15, 0.2) is 5.75 Å². The molecule has 2 amide bonds. The summed E-state index contributed by atoms with van der Waals surface area (Å²) in [6, 6.07) is 5.08. The first-order chi connectivity index (χ1) is 16.4. The third-order valence-electron chi connectivity index (χ3n) is 7.68. The second-order valence-electron chi connectivity index (χ2n) is 10.8. The monoisotopic (exact) mass is 471 g/mol. The third-order valence-corrected chi connectivity index (χ3v) is 7.68. The van der Waals surface area contributed by atoms with Gasteiger partial charge in [0.05, 0.1) is 23.9 Å². The lowest BCUT2D eigenvalue weighted by atomic mass is 9.89. The van der Waals surface area contributed by atoms with E-state index < -0.39 is 0 Å². The minimum absolute atomic E-state index is 0.00824. The minimum Gasteiger partial charge on any atom is -0.486 e. The van der Waals surface area contributed by atoms with Crippen molar-refractivity contribution in [3.05, 3.63) is 23.8 Å². The average Bonchev–Trinajstić information content (AvgIpc) is 3.67. The van der Waals surface area contributed by atoms with E-state index in [9.17, 15) is 14.7 Å². The van der Waals surface area contributed by atoms with Crippen molar-refractivity contribution in [3.8, 4) is 5.75 Å². The number of fused-ring (bicyclic) bond motifs is 1. The molecule has 2 saturated carbocycles. The number of ether oxygens (including phenoxy) is 1. The second kappa shape index (κ2) is 11.1. The number of benzene rings is 1. The third kappa shape index (κ3) is 5.92. The summed E-state index contributed by atoms with van der Waals surface area (Å²) in [4.78, 5) is 30.2. The Morgan fingerprint density at radius 1 is 1.21 bits per heavy atom. The number of nitrogens with zero attached hydrogens (tertiary/aromatic N) is 2. The molecule has 2 fully saturated rings. The number of aliphatic hydroxyl groups excluding tert-OH is 1. The Morgan fingerprint density at radius 2 is 1.94 bits per heavy atom. The van der Waals surface area contributed by atoms with Crippen molar-refractivity contribution in [1.82, 2.24) is 9.80 Å². The van der Waals surface area contributed by atoms with Crippen molar-refractivity contribution in [2.45, 2.75) is 70.9 Å². The van der Waals surface area contributed by atoms with Crippen molar-refractivity contribution in [2.75, 3.05) is 38.6 Å². The van der Waals surface area contributed by atoms with Crippen molar-refractivity contribution >= 4 is 17.5 Å². The molecule has 7 nitrogen and oxygen atoms in total. The normalized spacial score (nSPS) is 24.7. The topological polar surface area (TPSA) is 82.1 Å². The van der Waals surface area contributed by atoms with Gasteiger partial charge in [-0.25, -0.2) is 0 Å². The lowest BCUT2D eigenvalue weighted by molar-refractivity contribution is -0.117. The smallest absolute Gasteiger partial charge is 0.258 e. The Morgan fingerprint density at radius 3 is 2.62 bits per heavy atom. The van der Waals surface area contributed by atoms with Crippen LogP contribution in [0.15, 0.2) is 18.2 Å². The Balaban J connectivity index is 1.60. The van der Waals surface area contributed by atoms with Crippen LogP contribution in [-0.4, -0.2) is 72.2 Å². The molecule has 1 aliphatic heterocycles. The molecule has 4 rings (SSSR count). The minimum atomic E-state index is -0.300. The van der Waals surface area contributed by atoms with Crippen LogP contribution in [-0.2, 0) is 4.79 Å². The van der Waals surface area contributed by atoms with E-state index in [0.717, 1.165) is 31.8 Å². The summed E-state index contributed by atoms with van der Waals surface area (Å²) in [5, 5.41) is 12.9. The second-order valence-corrected chi connectivity index (χ2v) is 10.8. The molecule has 1 aromatic carbocycles. The van der Waals surface area contributed by atoms with Gasteiger partial charge >= 0.3 is 0 Å². The zero-order chi connectivity index (χ0) is 24.2. The molecule has 3 atom stereocenters. The number of nitrogens with one attached hydrogen (secondary N) is 1. The van der Waals surface area contributed by atoms with Gasteiger partial charge in [0, 0.05) is 31.5 Å². The van der Waals surface area contributed by atoms with Crippen LogP contribution in [0.3, 0.4) is 0 Å². The van der Waals surface area contributed by atoms with Crippen LogP contribution < -0.4 is 10.1 Å². The molecule has 0 aromatic heterocycles. The number of carbonyl (C=O) groups excluding carboxylic acids is 2. The van der Waals surface area contributed by atoms with Crippen molar-refractivity contribution < 1.29 is 19.4 Å². The predicted molar refractivity (Wildman–Crippen MR) is 133 cm³/mol. The number of amides is 2. The number of hydrogen-bond donors (Lipinski definition) is 2. The van der Waals surface area contributed by atoms with Gasteiger partial charge in [-0.1, -0.05) is 32.3 Å². The summed E-state index contributed by atoms with van der Waals surface area (Å²) in [5.41, 5.74) is 1.01. The van der Waals surface area contributed by atoms with E-state index in [1.807, 2.05) is 13.0 Å². The van der Waals surface area contributed by atoms with E-state index in [1.54, 1.807) is 17.0 Å². The number of rotatable bonds is 8. The first kappa shape index (κ1) is 25.0. The molecule has 2 aliphatic carbocycles. The number of carbonyl (C=O) groups is 2. The molecular formula is C27H41N3O4. The van der Waals surface area contributed by atoms with Gasteiger partial charge in [0.25, 0.3) is 5.91 Å². The van der Waals surface area contributed by atoms with Gasteiger partial charge < -0.3 is 25.0 Å². The Labute approximate surface area is 203 Å². The SMILES string of the molecule is C[C@@H]1CN([C@@H](C)CO)C(=O)c2cccc(NC(=O)C3CC3)c2O[C@@H]1CN(C)CC1CCCCC1. The van der Waals surface area contributed by atoms with E-state index >= 15 is 0 Å². The highest BCUT2D eigenvalue weighted by Crippen LogP contribution is 2.37. The van der Waals surface area contributed by atoms with Gasteiger partial charge in [0.2, 0.25) is 5.91 Å². The van der Waals surface area contributed by atoms with Gasteiger partial charge in [-0.15, -0.1) is 0 Å². The molecule has 0 unspecified atom stereocenters. The molecule has 0 saturated heterocycles. The first-order valence-electron chi connectivity index (χ1n) is 13.1. The number of likely N-dealkylation sites (N-methyl/N-ethyl adjacent to an activating group) is 1. The highest BCUT2D eigenvalue weighted by atomic mass is 16.5. The van der Waals surface area contributed by atoms with Gasteiger partial charge in [-0.2, -0.15) is 0 Å². The number of anilines is 1. The standard InChI is InChI=1S/C27H41N3O4/c1-18-14-30(19(2)17-31)27(33)22-10-7-11-23(28-26(32)21-12-13-21)25(22)34-24(18)16-29(3)15-20-8-5-4-6-9-20/h7,10-11,18-21,24,31H,4-6,8-9,12-17H2,1-3H3,(H,28,32)/t18-,19+,24-/m1/s1. The fourth-order valence-electron chi connectivity index (χ4n) is 5.33. The molecule has 188 valence electrons. The lowest BCUT2D eigenvalue weighted by Gasteiger charge is -2.39. The first-order valence-corrected chi connectivity index (χ1v) is 13.1. The summed E-state index contributed by atoms with van der Waals surface area (Å²) >= 11 is 0. The van der Waals surface area contributed by atoms with Crippen LogP contribution in [0.5, 0.6) is 5.75 Å². The lowest BCUT2D eigenvalue weighted by Crippen LogP contribution is -2.50. The highest BCUT2D eigenvalue weighted by Gasteiger charge is 2.36. The molecule has 0 bridgehead atoms. The fourth-order valence-corrected chi connectivity index (χ4v) is 5.33. The molecule has 1 aromatic rings. The molecule has 34 heavy (non-hydrogen) atoms. The molecule has 7 heteroatoms. The van der Waals surface area contributed by atoms with Gasteiger partial charge in [-0.3, -0.25) is 9.59 Å². The van der Waals surface area contributed by atoms with Crippen LogP contribution in [0.25, 0.3) is 0 Å². The number of aliphatic hydroxyl groups is 1. The van der Waals surface area contributed by atoms with Gasteiger partial charge in [0.1, 0.15) is 6.10 Å². The summed E-state index contributed by atoms with van der Waals surface area (Å²) in [5.74, 6) is 1.13. The van der Waals surface area contributed by atoms with E-state index in [2.05, 4.69) is 24.2 Å². The molecule has 3 aliphatic rings. The van der Waals surface area contributed by atoms with E-state index in [-0.39, 0.29) is 42.4 Å². The van der Waals surface area contributed by atoms with Crippen LogP contribution in [0, 0.1) is 17.8 Å². The fraction of sp³-hybridized carbons (Fsp3) is 0.704. The molecular weight excluding hydrogens is 430 g/mol. The summed E-state index contributed by atoms with van der Waals surface area (Å²) in [6.07, 6.45) is 8.26. The molecule has 0 spiro atoms. The Kier molecular flexibility index (Phi) is 8.14. The number of para-hydroxylation sites is 1. The maximum Gasteiger partial charge on any atom is 0.258 e. The average molecular weight is 472 g/mol. The van der Waals surface area contributed by atoms with Crippen molar-refractivity contribution in [3.63, 3.8) is 0 Å². The zero-order valence-electron chi connectivity index (χ0n) is 21.0. The maximum atomic E-state index is 13.5. The molecule has 0 radical (unpaired) electrons. The Hall–Kier alpha value is -2.12. The summed E-state index contributed by atoms with van der Waals surface area (Å²) < 4.78 is 6.61. The van der Waals surface area contributed by atoms with Crippen LogP contribution >= 0.6 is 0 Å². The maximum absolute atomic E-state index is 13.5. The van der Waals surface area contributed by atoms with Crippen molar-refractivity contribution in [2.24, 2.45) is 17.8 Å². The van der Waals surface area contributed by atoms with E-state index in [4.69, 9.17) is 4.74 Å². The largest absolute Gasteiger partial charge is 0.486 e. The molecule has 2 N–H and O–H groups in total. The van der Waals surface area contributed by atoms with Gasteiger partial charge in [-0.05, 0) is 57.7 Å². The van der Waals surface area contributed by atoms with E-state index in [1.165, 1.54) is 32.1 Å². The quantitative estimate of drug-likeness (QED) is 0.603. The van der Waals surface area contributed by atoms with Crippen molar-refractivity contribution in [1.29, 1.82) is 0 Å².